The van der Waals surface area contributed by atoms with Gasteiger partial charge in [-0.15, -0.1) is 0 Å². The van der Waals surface area contributed by atoms with Crippen LogP contribution in [-0.4, -0.2) is 15.1 Å². The van der Waals surface area contributed by atoms with Crippen molar-refractivity contribution in [1.82, 2.24) is 15.1 Å². The summed E-state index contributed by atoms with van der Waals surface area (Å²) in [5, 5.41) is 4.16. The number of ether oxygens (including phenoxy) is 1. The number of hydrogen-bond donors (Lipinski definition) is 1. The van der Waals surface area contributed by atoms with Gasteiger partial charge in [0.15, 0.2) is 0 Å². The van der Waals surface area contributed by atoms with Crippen LogP contribution >= 0.6 is 0 Å². The minimum absolute atomic E-state index is 0.118. The lowest BCUT2D eigenvalue weighted by Gasteiger charge is -2.22. The lowest BCUT2D eigenvalue weighted by Crippen LogP contribution is -2.17. The average Bonchev–Trinajstić information content (AvgIpc) is 3.29. The van der Waals surface area contributed by atoms with E-state index in [2.05, 4.69) is 27.3 Å². The van der Waals surface area contributed by atoms with Crippen molar-refractivity contribution in [2.75, 3.05) is 0 Å². The number of nitrogens with two attached hydrogens (primary N) is 1. The first-order valence-corrected chi connectivity index (χ1v) is 10.1. The molecule has 0 radical (unpaired) electrons. The minimum atomic E-state index is 0.118. The maximum atomic E-state index is 6.22. The van der Waals surface area contributed by atoms with Gasteiger partial charge in [0.05, 0.1) is 0 Å². The SMILES string of the molecule is NC1CCCc2cc(-c3nc(-c4ccnc(OCc5ccccc5)c4)no3)ccc21. The van der Waals surface area contributed by atoms with E-state index in [0.717, 1.165) is 36.0 Å². The summed E-state index contributed by atoms with van der Waals surface area (Å²) in [6, 6.07) is 20.0. The van der Waals surface area contributed by atoms with Gasteiger partial charge in [-0.05, 0) is 54.2 Å². The number of aromatic nitrogens is 3. The molecule has 0 saturated carbocycles. The highest BCUT2D eigenvalue weighted by Crippen LogP contribution is 2.32. The second-order valence-electron chi connectivity index (χ2n) is 7.49. The van der Waals surface area contributed by atoms with Crippen molar-refractivity contribution in [3.8, 4) is 28.7 Å². The molecule has 0 bridgehead atoms. The van der Waals surface area contributed by atoms with Gasteiger partial charge in [0, 0.05) is 29.4 Å². The molecule has 2 aromatic heterocycles. The summed E-state index contributed by atoms with van der Waals surface area (Å²) in [7, 11) is 0. The predicted octanol–water partition coefficient (Wildman–Crippen LogP) is 4.71. The molecule has 1 aliphatic carbocycles. The van der Waals surface area contributed by atoms with E-state index in [4.69, 9.17) is 15.0 Å². The Labute approximate surface area is 174 Å². The third kappa shape index (κ3) is 3.82. The van der Waals surface area contributed by atoms with E-state index in [1.54, 1.807) is 6.20 Å². The van der Waals surface area contributed by atoms with Crippen molar-refractivity contribution in [3.05, 3.63) is 83.6 Å². The molecular formula is C24H22N4O2. The first-order chi connectivity index (χ1) is 14.8. The van der Waals surface area contributed by atoms with Crippen LogP contribution in [0.2, 0.25) is 0 Å². The lowest BCUT2D eigenvalue weighted by molar-refractivity contribution is 0.294. The van der Waals surface area contributed by atoms with Crippen LogP contribution in [0.25, 0.3) is 22.8 Å². The molecule has 2 N–H and O–H groups in total. The van der Waals surface area contributed by atoms with Crippen molar-refractivity contribution < 1.29 is 9.26 Å². The van der Waals surface area contributed by atoms with Crippen LogP contribution in [0.5, 0.6) is 5.88 Å². The highest BCUT2D eigenvalue weighted by Gasteiger charge is 2.19. The van der Waals surface area contributed by atoms with Crippen LogP contribution in [0, 0.1) is 0 Å². The van der Waals surface area contributed by atoms with Gasteiger partial charge in [-0.1, -0.05) is 41.6 Å². The summed E-state index contributed by atoms with van der Waals surface area (Å²) in [6.45, 7) is 0.450. The van der Waals surface area contributed by atoms with Gasteiger partial charge in [0.1, 0.15) is 6.61 Å². The second kappa shape index (κ2) is 8.08. The van der Waals surface area contributed by atoms with Gasteiger partial charge in [0.2, 0.25) is 11.7 Å². The Morgan fingerprint density at radius 1 is 1.03 bits per heavy atom. The fourth-order valence-electron chi connectivity index (χ4n) is 3.80. The Balaban J connectivity index is 1.35. The average molecular weight is 398 g/mol. The molecule has 30 heavy (non-hydrogen) atoms. The molecule has 4 aromatic rings. The number of benzene rings is 2. The van der Waals surface area contributed by atoms with E-state index in [0.29, 0.717) is 24.2 Å². The zero-order valence-electron chi connectivity index (χ0n) is 16.5. The number of nitrogens with zero attached hydrogens (tertiary/aromatic N) is 3. The van der Waals surface area contributed by atoms with E-state index in [-0.39, 0.29) is 6.04 Å². The lowest BCUT2D eigenvalue weighted by atomic mass is 9.87. The van der Waals surface area contributed by atoms with Crippen LogP contribution in [0.1, 0.15) is 35.6 Å². The predicted molar refractivity (Wildman–Crippen MR) is 114 cm³/mol. The molecule has 6 nitrogen and oxygen atoms in total. The summed E-state index contributed by atoms with van der Waals surface area (Å²) >= 11 is 0. The van der Waals surface area contributed by atoms with Crippen molar-refractivity contribution >= 4 is 0 Å². The third-order valence-electron chi connectivity index (χ3n) is 5.40. The molecule has 2 heterocycles. The standard InChI is InChI=1S/C24H22N4O2/c25-21-8-4-7-17-13-19(9-10-20(17)21)24-27-23(28-30-24)18-11-12-26-22(14-18)29-15-16-5-2-1-3-6-16/h1-3,5-6,9-14,21H,4,7-8,15,25H2. The third-order valence-corrected chi connectivity index (χ3v) is 5.40. The first kappa shape index (κ1) is 18.5. The largest absolute Gasteiger partial charge is 0.473 e. The molecule has 0 fully saturated rings. The minimum Gasteiger partial charge on any atom is -0.473 e. The number of rotatable bonds is 5. The van der Waals surface area contributed by atoms with Gasteiger partial charge in [-0.3, -0.25) is 0 Å². The Kier molecular flexibility index (Phi) is 4.99. The van der Waals surface area contributed by atoms with Gasteiger partial charge in [-0.2, -0.15) is 4.98 Å². The summed E-state index contributed by atoms with van der Waals surface area (Å²) < 4.78 is 11.3. The van der Waals surface area contributed by atoms with Crippen molar-refractivity contribution in [1.29, 1.82) is 0 Å². The number of hydrogen-bond acceptors (Lipinski definition) is 6. The molecule has 2 aromatic carbocycles. The van der Waals surface area contributed by atoms with Crippen molar-refractivity contribution in [2.24, 2.45) is 5.73 Å². The zero-order chi connectivity index (χ0) is 20.3. The molecule has 0 amide bonds. The quantitative estimate of drug-likeness (QED) is 0.524. The Morgan fingerprint density at radius 2 is 1.93 bits per heavy atom. The molecule has 0 aliphatic heterocycles. The second-order valence-corrected chi connectivity index (χ2v) is 7.49. The zero-order valence-corrected chi connectivity index (χ0v) is 16.5. The van der Waals surface area contributed by atoms with E-state index in [1.807, 2.05) is 48.5 Å². The highest BCUT2D eigenvalue weighted by atomic mass is 16.5. The van der Waals surface area contributed by atoms with Crippen molar-refractivity contribution in [3.63, 3.8) is 0 Å². The molecule has 6 heteroatoms. The summed E-state index contributed by atoms with van der Waals surface area (Å²) in [6.07, 6.45) is 4.86. The van der Waals surface area contributed by atoms with Crippen molar-refractivity contribution in [2.45, 2.75) is 31.9 Å². The Hall–Kier alpha value is -3.51. The topological polar surface area (TPSA) is 87.1 Å². The molecule has 1 unspecified atom stereocenters. The van der Waals surface area contributed by atoms with Crippen LogP contribution in [0.4, 0.5) is 0 Å². The molecule has 0 saturated heterocycles. The summed E-state index contributed by atoms with van der Waals surface area (Å²) in [5.74, 6) is 1.52. The van der Waals surface area contributed by atoms with Crippen LogP contribution in [0.3, 0.4) is 0 Å². The summed E-state index contributed by atoms with van der Waals surface area (Å²) in [4.78, 5) is 8.87. The normalized spacial score (nSPS) is 15.6. The maximum Gasteiger partial charge on any atom is 0.258 e. The molecule has 0 spiro atoms. The van der Waals surface area contributed by atoms with E-state index in [9.17, 15) is 0 Å². The first-order valence-electron chi connectivity index (χ1n) is 10.1. The van der Waals surface area contributed by atoms with Gasteiger partial charge in [0.25, 0.3) is 5.89 Å². The molecule has 150 valence electrons. The Bertz CT molecular complexity index is 1160. The van der Waals surface area contributed by atoms with Gasteiger partial charge in [-0.25, -0.2) is 4.98 Å². The van der Waals surface area contributed by atoms with Crippen LogP contribution in [-0.2, 0) is 13.0 Å². The molecule has 1 atom stereocenters. The summed E-state index contributed by atoms with van der Waals surface area (Å²) in [5.41, 5.74) is 11.5. The Morgan fingerprint density at radius 3 is 2.83 bits per heavy atom. The van der Waals surface area contributed by atoms with E-state index in [1.165, 1.54) is 11.1 Å². The number of aryl methyl sites for hydroxylation is 1. The highest BCUT2D eigenvalue weighted by molar-refractivity contribution is 5.61. The number of pyridine rings is 1. The maximum absolute atomic E-state index is 6.22. The van der Waals surface area contributed by atoms with E-state index >= 15 is 0 Å². The monoisotopic (exact) mass is 398 g/mol. The number of fused-ring (bicyclic) bond motifs is 1. The smallest absolute Gasteiger partial charge is 0.258 e. The molecule has 5 rings (SSSR count). The van der Waals surface area contributed by atoms with Crippen LogP contribution in [0.15, 0.2) is 71.4 Å². The van der Waals surface area contributed by atoms with E-state index < -0.39 is 0 Å². The fraction of sp³-hybridized carbons (Fsp3) is 0.208. The molecule has 1 aliphatic rings. The van der Waals surface area contributed by atoms with Gasteiger partial charge < -0.3 is 15.0 Å². The van der Waals surface area contributed by atoms with Crippen LogP contribution < -0.4 is 10.5 Å². The van der Waals surface area contributed by atoms with Gasteiger partial charge >= 0.3 is 0 Å². The molecular weight excluding hydrogens is 376 g/mol. The fourth-order valence-corrected chi connectivity index (χ4v) is 3.80.